The van der Waals surface area contributed by atoms with Crippen molar-refractivity contribution in [2.24, 2.45) is 0 Å². The van der Waals surface area contributed by atoms with Crippen LogP contribution in [-0.4, -0.2) is 47.0 Å². The highest BCUT2D eigenvalue weighted by atomic mass is 16.2. The van der Waals surface area contributed by atoms with Crippen LogP contribution in [-0.2, 0) is 4.79 Å². The molecule has 0 aliphatic carbocycles. The number of nitrogens with one attached hydrogen (secondary N) is 3. The number of amides is 1. The Balaban J connectivity index is 1.77. The summed E-state index contributed by atoms with van der Waals surface area (Å²) in [5.74, 6) is 0.771. The number of aromatic amines is 1. The summed E-state index contributed by atoms with van der Waals surface area (Å²) < 4.78 is 0. The smallest absolute Gasteiger partial charge is 0.271 e. The van der Waals surface area contributed by atoms with Crippen LogP contribution in [0.4, 0.5) is 11.5 Å². The number of hydrogen-bond acceptors (Lipinski definition) is 5. The Kier molecular flexibility index (Phi) is 5.36. The summed E-state index contributed by atoms with van der Waals surface area (Å²) in [6.07, 6.45) is 7.54. The molecule has 0 bridgehead atoms. The Morgan fingerprint density at radius 1 is 1.38 bits per heavy atom. The predicted molar refractivity (Wildman–Crippen MR) is 103 cm³/mol. The van der Waals surface area contributed by atoms with Crippen LogP contribution in [0.3, 0.4) is 0 Å². The standard InChI is InChI=1S/C19H23N5O2/c1-3-4-18(25)24-8-6-15(12-24)23-16-9-14(11-22-19(16)26)13-5-7-21-17(10-13)20-2/h3-5,7,9-11,15,23H,6,8,12H2,1-2H3,(H,20,21)(H,22,26)/t15-/m1/s1. The molecular weight excluding hydrogens is 330 g/mol. The van der Waals surface area contributed by atoms with Crippen LogP contribution in [0.5, 0.6) is 0 Å². The average molecular weight is 353 g/mol. The van der Waals surface area contributed by atoms with E-state index < -0.39 is 0 Å². The van der Waals surface area contributed by atoms with Crippen LogP contribution in [0.15, 0.2) is 47.5 Å². The van der Waals surface area contributed by atoms with E-state index in [0.29, 0.717) is 18.8 Å². The fourth-order valence-corrected chi connectivity index (χ4v) is 3.05. The number of nitrogens with zero attached hydrogens (tertiary/aromatic N) is 2. The Morgan fingerprint density at radius 3 is 3.00 bits per heavy atom. The van der Waals surface area contributed by atoms with Crippen LogP contribution in [0.2, 0.25) is 0 Å². The Labute approximate surface area is 152 Å². The molecule has 0 spiro atoms. The number of hydrogen-bond donors (Lipinski definition) is 3. The number of anilines is 2. The molecule has 2 aromatic rings. The fraction of sp³-hybridized carbons (Fsp3) is 0.316. The van der Waals surface area contributed by atoms with Crippen molar-refractivity contribution in [2.75, 3.05) is 30.8 Å². The van der Waals surface area contributed by atoms with E-state index in [1.54, 1.807) is 29.4 Å². The molecule has 1 aliphatic heterocycles. The molecule has 1 amide bonds. The van der Waals surface area contributed by atoms with Gasteiger partial charge in [0.2, 0.25) is 5.91 Å². The maximum absolute atomic E-state index is 12.2. The third kappa shape index (κ3) is 3.93. The van der Waals surface area contributed by atoms with E-state index in [1.807, 2.05) is 32.2 Å². The largest absolute Gasteiger partial charge is 0.376 e. The Hall–Kier alpha value is -3.09. The molecular formula is C19H23N5O2. The highest BCUT2D eigenvalue weighted by molar-refractivity contribution is 5.87. The molecule has 2 aromatic heterocycles. The number of allylic oxidation sites excluding steroid dienone is 1. The highest BCUT2D eigenvalue weighted by Gasteiger charge is 2.25. The Morgan fingerprint density at radius 2 is 2.23 bits per heavy atom. The summed E-state index contributed by atoms with van der Waals surface area (Å²) in [6, 6.07) is 5.71. The van der Waals surface area contributed by atoms with Crippen molar-refractivity contribution < 1.29 is 4.79 Å². The zero-order chi connectivity index (χ0) is 18.5. The van der Waals surface area contributed by atoms with Gasteiger partial charge in [-0.3, -0.25) is 9.59 Å². The average Bonchev–Trinajstić information content (AvgIpc) is 3.12. The molecule has 1 atom stereocenters. The van der Waals surface area contributed by atoms with Crippen LogP contribution < -0.4 is 16.2 Å². The minimum absolute atomic E-state index is 0.0100. The maximum Gasteiger partial charge on any atom is 0.271 e. The number of rotatable bonds is 5. The first-order chi connectivity index (χ1) is 12.6. The lowest BCUT2D eigenvalue weighted by molar-refractivity contribution is -0.125. The van der Waals surface area contributed by atoms with Gasteiger partial charge < -0.3 is 20.5 Å². The summed E-state index contributed by atoms with van der Waals surface area (Å²) >= 11 is 0. The lowest BCUT2D eigenvalue weighted by Crippen LogP contribution is -2.31. The molecule has 3 rings (SSSR count). The minimum Gasteiger partial charge on any atom is -0.376 e. The van der Waals surface area contributed by atoms with Gasteiger partial charge in [0.1, 0.15) is 11.5 Å². The molecule has 7 nitrogen and oxygen atoms in total. The number of H-pyrrole nitrogens is 1. The van der Waals surface area contributed by atoms with Gasteiger partial charge >= 0.3 is 0 Å². The van der Waals surface area contributed by atoms with Crippen molar-refractivity contribution in [3.05, 3.63) is 53.1 Å². The molecule has 1 fully saturated rings. The number of pyridine rings is 2. The van der Waals surface area contributed by atoms with Gasteiger partial charge in [0.15, 0.2) is 0 Å². The molecule has 26 heavy (non-hydrogen) atoms. The summed E-state index contributed by atoms with van der Waals surface area (Å²) in [7, 11) is 1.81. The number of carbonyl (C=O) groups excluding carboxylic acids is 1. The van der Waals surface area contributed by atoms with E-state index in [-0.39, 0.29) is 17.5 Å². The van der Waals surface area contributed by atoms with Gasteiger partial charge in [-0.25, -0.2) is 4.98 Å². The number of likely N-dealkylation sites (tertiary alicyclic amines) is 1. The topological polar surface area (TPSA) is 90.1 Å². The third-order valence-electron chi connectivity index (χ3n) is 4.42. The molecule has 0 unspecified atom stereocenters. The van der Waals surface area contributed by atoms with Crippen LogP contribution >= 0.6 is 0 Å². The molecule has 1 aliphatic rings. The van der Waals surface area contributed by atoms with Gasteiger partial charge in [-0.15, -0.1) is 0 Å². The van der Waals surface area contributed by atoms with Gasteiger partial charge in [-0.1, -0.05) is 6.08 Å². The molecule has 0 radical (unpaired) electrons. The van der Waals surface area contributed by atoms with Crippen molar-refractivity contribution in [1.82, 2.24) is 14.9 Å². The first-order valence-electron chi connectivity index (χ1n) is 8.65. The molecule has 3 heterocycles. The fourth-order valence-electron chi connectivity index (χ4n) is 3.05. The Bertz CT molecular complexity index is 874. The van der Waals surface area contributed by atoms with Crippen molar-refractivity contribution in [1.29, 1.82) is 0 Å². The number of aromatic nitrogens is 2. The van der Waals surface area contributed by atoms with Crippen molar-refractivity contribution >= 4 is 17.4 Å². The van der Waals surface area contributed by atoms with E-state index >= 15 is 0 Å². The van der Waals surface area contributed by atoms with Gasteiger partial charge in [-0.2, -0.15) is 0 Å². The lowest BCUT2D eigenvalue weighted by atomic mass is 10.1. The quantitative estimate of drug-likeness (QED) is 0.716. The minimum atomic E-state index is -0.171. The zero-order valence-electron chi connectivity index (χ0n) is 15.0. The molecule has 136 valence electrons. The van der Waals surface area contributed by atoms with Gasteiger partial charge in [-0.05, 0) is 43.2 Å². The molecule has 1 saturated heterocycles. The summed E-state index contributed by atoms with van der Waals surface area (Å²) in [6.45, 7) is 3.10. The van der Waals surface area contributed by atoms with E-state index in [2.05, 4.69) is 20.6 Å². The third-order valence-corrected chi connectivity index (χ3v) is 4.42. The maximum atomic E-state index is 12.2. The van der Waals surface area contributed by atoms with Gasteiger partial charge in [0, 0.05) is 44.1 Å². The van der Waals surface area contributed by atoms with Crippen LogP contribution in [0, 0.1) is 0 Å². The predicted octanol–water partition coefficient (Wildman–Crippen LogP) is 2.07. The first-order valence-corrected chi connectivity index (χ1v) is 8.65. The van der Waals surface area contributed by atoms with E-state index in [1.165, 1.54) is 0 Å². The van der Waals surface area contributed by atoms with Gasteiger partial charge in [0.05, 0.1) is 0 Å². The summed E-state index contributed by atoms with van der Waals surface area (Å²) in [4.78, 5) is 32.9. The second kappa shape index (κ2) is 7.86. The van der Waals surface area contributed by atoms with E-state index in [9.17, 15) is 9.59 Å². The van der Waals surface area contributed by atoms with Gasteiger partial charge in [0.25, 0.3) is 5.56 Å². The van der Waals surface area contributed by atoms with Crippen LogP contribution in [0.25, 0.3) is 11.1 Å². The zero-order valence-corrected chi connectivity index (χ0v) is 15.0. The van der Waals surface area contributed by atoms with Crippen molar-refractivity contribution in [3.8, 4) is 11.1 Å². The summed E-state index contributed by atoms with van der Waals surface area (Å²) in [5, 5.41) is 6.29. The molecule has 3 N–H and O–H groups in total. The SMILES string of the molecule is CC=CC(=O)N1CC[C@@H](Nc2cc(-c3ccnc(NC)c3)c[nH]c2=O)C1. The van der Waals surface area contributed by atoms with Crippen molar-refractivity contribution in [2.45, 2.75) is 19.4 Å². The molecule has 0 aromatic carbocycles. The molecule has 7 heteroatoms. The second-order valence-electron chi connectivity index (χ2n) is 6.23. The summed E-state index contributed by atoms with van der Waals surface area (Å²) in [5.41, 5.74) is 2.19. The highest BCUT2D eigenvalue weighted by Crippen LogP contribution is 2.22. The van der Waals surface area contributed by atoms with E-state index in [0.717, 1.165) is 23.4 Å². The second-order valence-corrected chi connectivity index (χ2v) is 6.23. The van der Waals surface area contributed by atoms with Crippen molar-refractivity contribution in [3.63, 3.8) is 0 Å². The number of carbonyl (C=O) groups is 1. The lowest BCUT2D eigenvalue weighted by Gasteiger charge is -2.16. The monoisotopic (exact) mass is 353 g/mol. The first kappa shape index (κ1) is 17.7. The molecule has 0 saturated carbocycles. The normalized spacial score (nSPS) is 16.8. The van der Waals surface area contributed by atoms with E-state index in [4.69, 9.17) is 0 Å². The van der Waals surface area contributed by atoms with Crippen LogP contribution in [0.1, 0.15) is 13.3 Å².